The molecule has 1 saturated heterocycles. The highest BCUT2D eigenvalue weighted by molar-refractivity contribution is 5.81. The molecule has 1 heterocycles. The molecule has 2 atom stereocenters. The summed E-state index contributed by atoms with van der Waals surface area (Å²) in [5, 5.41) is 12.1. The minimum absolute atomic E-state index is 0.00788. The van der Waals surface area contributed by atoms with Gasteiger partial charge in [0.05, 0.1) is 11.5 Å². The highest BCUT2D eigenvalue weighted by Crippen LogP contribution is 2.30. The van der Waals surface area contributed by atoms with Crippen LogP contribution in [-0.2, 0) is 9.59 Å². The Morgan fingerprint density at radius 2 is 2.17 bits per heavy atom. The number of aliphatic carboxylic acids is 1. The van der Waals surface area contributed by atoms with E-state index >= 15 is 0 Å². The summed E-state index contributed by atoms with van der Waals surface area (Å²) in [7, 11) is 0. The smallest absolute Gasteiger partial charge is 0.310 e. The fourth-order valence-corrected chi connectivity index (χ4v) is 2.35. The van der Waals surface area contributed by atoms with Gasteiger partial charge in [-0.1, -0.05) is 6.92 Å². The monoisotopic (exact) mass is 256 g/mol. The van der Waals surface area contributed by atoms with E-state index in [1.54, 1.807) is 6.92 Å². The van der Waals surface area contributed by atoms with Gasteiger partial charge in [0.15, 0.2) is 0 Å². The number of carbonyl (C=O) groups excluding carboxylic acids is 1. The average molecular weight is 256 g/mol. The van der Waals surface area contributed by atoms with E-state index in [1.165, 1.54) is 0 Å². The minimum Gasteiger partial charge on any atom is -0.481 e. The van der Waals surface area contributed by atoms with Crippen LogP contribution >= 0.6 is 0 Å². The van der Waals surface area contributed by atoms with Gasteiger partial charge in [-0.25, -0.2) is 0 Å². The Morgan fingerprint density at radius 3 is 2.72 bits per heavy atom. The first-order chi connectivity index (χ1) is 8.40. The first-order valence-corrected chi connectivity index (χ1v) is 6.66. The van der Waals surface area contributed by atoms with Gasteiger partial charge in [-0.15, -0.1) is 0 Å². The topological polar surface area (TPSA) is 69.6 Å². The summed E-state index contributed by atoms with van der Waals surface area (Å²) in [4.78, 5) is 25.1. The van der Waals surface area contributed by atoms with E-state index in [1.807, 2.05) is 18.7 Å². The molecule has 2 unspecified atom stereocenters. The third-order valence-corrected chi connectivity index (χ3v) is 3.72. The van der Waals surface area contributed by atoms with Crippen molar-refractivity contribution in [1.82, 2.24) is 10.2 Å². The first-order valence-electron chi connectivity index (χ1n) is 6.66. The van der Waals surface area contributed by atoms with E-state index in [9.17, 15) is 14.7 Å². The number of carbonyl (C=O) groups is 2. The average Bonchev–Trinajstić information content (AvgIpc) is 2.34. The second-order valence-electron chi connectivity index (χ2n) is 5.41. The van der Waals surface area contributed by atoms with Crippen molar-refractivity contribution in [3.05, 3.63) is 0 Å². The maximum absolute atomic E-state index is 11.9. The molecule has 0 bridgehead atoms. The van der Waals surface area contributed by atoms with Crippen LogP contribution in [0.2, 0.25) is 0 Å². The van der Waals surface area contributed by atoms with Crippen LogP contribution in [0.15, 0.2) is 0 Å². The SMILES string of the molecule is CCCNC(=O)C(C)N1CCCC(C)(C(=O)O)C1. The molecule has 0 spiro atoms. The number of likely N-dealkylation sites (tertiary alicyclic amines) is 1. The zero-order valence-electron chi connectivity index (χ0n) is 11.5. The van der Waals surface area contributed by atoms with Crippen LogP contribution in [0.5, 0.6) is 0 Å². The molecule has 104 valence electrons. The van der Waals surface area contributed by atoms with E-state index < -0.39 is 11.4 Å². The minimum atomic E-state index is -0.770. The predicted molar refractivity (Wildman–Crippen MR) is 69.3 cm³/mol. The van der Waals surface area contributed by atoms with Gasteiger partial charge in [0.25, 0.3) is 0 Å². The number of amides is 1. The van der Waals surface area contributed by atoms with Crippen LogP contribution in [0, 0.1) is 5.41 Å². The number of carboxylic acids is 1. The van der Waals surface area contributed by atoms with Gasteiger partial charge in [0.1, 0.15) is 0 Å². The standard InChI is InChI=1S/C13H24N2O3/c1-4-7-14-11(16)10(2)15-8-5-6-13(3,9-15)12(17)18/h10H,4-9H2,1-3H3,(H,14,16)(H,17,18). The molecule has 1 aliphatic heterocycles. The summed E-state index contributed by atoms with van der Waals surface area (Å²) in [5.41, 5.74) is -0.725. The van der Waals surface area contributed by atoms with Gasteiger partial charge in [-0.3, -0.25) is 14.5 Å². The van der Waals surface area contributed by atoms with Crippen LogP contribution in [0.4, 0.5) is 0 Å². The lowest BCUT2D eigenvalue weighted by molar-refractivity contribution is -0.152. The molecule has 1 fully saturated rings. The number of hydrogen-bond acceptors (Lipinski definition) is 3. The Labute approximate surface area is 109 Å². The molecule has 0 aliphatic carbocycles. The molecule has 1 aliphatic rings. The fourth-order valence-electron chi connectivity index (χ4n) is 2.35. The molecule has 1 rings (SSSR count). The van der Waals surface area contributed by atoms with Crippen molar-refractivity contribution in [3.8, 4) is 0 Å². The van der Waals surface area contributed by atoms with Gasteiger partial charge >= 0.3 is 5.97 Å². The van der Waals surface area contributed by atoms with Crippen molar-refractivity contribution in [2.45, 2.75) is 46.1 Å². The van der Waals surface area contributed by atoms with Gasteiger partial charge < -0.3 is 10.4 Å². The molecule has 0 radical (unpaired) electrons. The molecule has 1 amide bonds. The van der Waals surface area contributed by atoms with E-state index in [0.717, 1.165) is 19.4 Å². The van der Waals surface area contributed by atoms with Crippen LogP contribution in [0.1, 0.15) is 40.0 Å². The molecule has 18 heavy (non-hydrogen) atoms. The molecule has 0 aromatic carbocycles. The second-order valence-corrected chi connectivity index (χ2v) is 5.41. The fraction of sp³-hybridized carbons (Fsp3) is 0.846. The first kappa shape index (κ1) is 15.0. The van der Waals surface area contributed by atoms with Crippen molar-refractivity contribution >= 4 is 11.9 Å². The lowest BCUT2D eigenvalue weighted by atomic mass is 9.81. The van der Waals surface area contributed by atoms with E-state index in [4.69, 9.17) is 0 Å². The molecule has 5 heteroatoms. The number of nitrogens with zero attached hydrogens (tertiary/aromatic N) is 1. The number of nitrogens with one attached hydrogen (secondary N) is 1. The Hall–Kier alpha value is -1.10. The van der Waals surface area contributed by atoms with Crippen molar-refractivity contribution in [1.29, 1.82) is 0 Å². The molecule has 5 nitrogen and oxygen atoms in total. The zero-order chi connectivity index (χ0) is 13.8. The number of rotatable bonds is 5. The van der Waals surface area contributed by atoms with Crippen molar-refractivity contribution < 1.29 is 14.7 Å². The molecule has 0 aromatic rings. The largest absolute Gasteiger partial charge is 0.481 e. The normalized spacial score (nSPS) is 26.6. The summed E-state index contributed by atoms with van der Waals surface area (Å²) >= 11 is 0. The van der Waals surface area contributed by atoms with Crippen LogP contribution < -0.4 is 5.32 Å². The van der Waals surface area contributed by atoms with Crippen molar-refractivity contribution in [2.24, 2.45) is 5.41 Å². The molecular formula is C13H24N2O3. The van der Waals surface area contributed by atoms with E-state index in [0.29, 0.717) is 19.5 Å². The van der Waals surface area contributed by atoms with Gasteiger partial charge in [-0.2, -0.15) is 0 Å². The summed E-state index contributed by atoms with van der Waals surface area (Å²) < 4.78 is 0. The summed E-state index contributed by atoms with van der Waals surface area (Å²) in [6.45, 7) is 7.53. The van der Waals surface area contributed by atoms with E-state index in [2.05, 4.69) is 5.32 Å². The second kappa shape index (κ2) is 6.18. The summed E-state index contributed by atoms with van der Waals surface area (Å²) in [6.07, 6.45) is 2.42. The lowest BCUT2D eigenvalue weighted by Crippen LogP contribution is -2.53. The van der Waals surface area contributed by atoms with Crippen molar-refractivity contribution in [2.75, 3.05) is 19.6 Å². The summed E-state index contributed by atoms with van der Waals surface area (Å²) in [5.74, 6) is -0.778. The maximum atomic E-state index is 11.9. The van der Waals surface area contributed by atoms with Crippen LogP contribution in [0.3, 0.4) is 0 Å². The Balaban J connectivity index is 2.60. The lowest BCUT2D eigenvalue weighted by Gasteiger charge is -2.40. The van der Waals surface area contributed by atoms with Gasteiger partial charge in [0, 0.05) is 13.1 Å². The number of piperidine rings is 1. The number of carboxylic acid groups (broad SMARTS) is 1. The van der Waals surface area contributed by atoms with E-state index in [-0.39, 0.29) is 11.9 Å². The van der Waals surface area contributed by atoms with Crippen molar-refractivity contribution in [3.63, 3.8) is 0 Å². The quantitative estimate of drug-likeness (QED) is 0.772. The van der Waals surface area contributed by atoms with Crippen LogP contribution in [0.25, 0.3) is 0 Å². The molecular weight excluding hydrogens is 232 g/mol. The third kappa shape index (κ3) is 3.45. The predicted octanol–water partition coefficient (Wildman–Crippen LogP) is 1.09. The Kier molecular flexibility index (Phi) is 5.14. The van der Waals surface area contributed by atoms with Crippen LogP contribution in [-0.4, -0.2) is 47.6 Å². The highest BCUT2D eigenvalue weighted by atomic mass is 16.4. The Morgan fingerprint density at radius 1 is 1.50 bits per heavy atom. The molecule has 2 N–H and O–H groups in total. The zero-order valence-corrected chi connectivity index (χ0v) is 11.5. The Bertz CT molecular complexity index is 319. The van der Waals surface area contributed by atoms with Gasteiger partial charge in [-0.05, 0) is 39.7 Å². The van der Waals surface area contributed by atoms with Gasteiger partial charge in [0.2, 0.25) is 5.91 Å². The molecule has 0 aromatic heterocycles. The highest BCUT2D eigenvalue weighted by Gasteiger charge is 2.40. The summed E-state index contributed by atoms with van der Waals surface area (Å²) in [6, 6.07) is -0.254. The number of hydrogen-bond donors (Lipinski definition) is 2. The third-order valence-electron chi connectivity index (χ3n) is 3.72. The molecule has 0 saturated carbocycles. The maximum Gasteiger partial charge on any atom is 0.310 e.